The molecule has 1 saturated carbocycles. The first kappa shape index (κ1) is 23.0. The van der Waals surface area contributed by atoms with Crippen molar-refractivity contribution in [2.75, 3.05) is 6.61 Å². The number of Topliss-reactive ketones (excluding diaryl/α,β-unsaturated/α-hetero) is 1. The standard InChI is InChI=1S/C27H30FNO4/c1-17(2)16-33-22-10-6-7-19(15-22)25(30)23-24(18-11-13-20(28)14-12-18)29(27(32)26(23)31)21-8-4-3-5-9-21/h6-7,10-15,17,21,24,30H,3-5,8-9,16H2,1-2H3/b25-23-. The fourth-order valence-corrected chi connectivity index (χ4v) is 4.71. The second-order valence-electron chi connectivity index (χ2n) is 9.28. The summed E-state index contributed by atoms with van der Waals surface area (Å²) in [6, 6.07) is 11.8. The molecule has 0 aromatic heterocycles. The van der Waals surface area contributed by atoms with Gasteiger partial charge in [-0.05, 0) is 48.6 Å². The summed E-state index contributed by atoms with van der Waals surface area (Å²) < 4.78 is 19.4. The Morgan fingerprint density at radius 3 is 2.45 bits per heavy atom. The molecule has 1 heterocycles. The zero-order chi connectivity index (χ0) is 23.5. The molecule has 1 atom stereocenters. The first-order valence-corrected chi connectivity index (χ1v) is 11.7. The summed E-state index contributed by atoms with van der Waals surface area (Å²) in [5.74, 6) is -1.04. The molecule has 6 heteroatoms. The molecule has 0 spiro atoms. The molecule has 4 rings (SSSR count). The lowest BCUT2D eigenvalue weighted by molar-refractivity contribution is -0.141. The Hall–Kier alpha value is -3.15. The van der Waals surface area contributed by atoms with E-state index in [1.165, 1.54) is 12.1 Å². The van der Waals surface area contributed by atoms with Crippen LogP contribution < -0.4 is 4.74 Å². The molecule has 1 amide bonds. The van der Waals surface area contributed by atoms with Crippen LogP contribution in [0.2, 0.25) is 0 Å². The van der Waals surface area contributed by atoms with Crippen molar-refractivity contribution in [2.24, 2.45) is 5.92 Å². The van der Waals surface area contributed by atoms with Gasteiger partial charge in [-0.2, -0.15) is 0 Å². The monoisotopic (exact) mass is 451 g/mol. The van der Waals surface area contributed by atoms with Crippen molar-refractivity contribution < 1.29 is 23.8 Å². The van der Waals surface area contributed by atoms with Crippen molar-refractivity contribution in [1.82, 2.24) is 4.90 Å². The molecule has 174 valence electrons. The van der Waals surface area contributed by atoms with Gasteiger partial charge < -0.3 is 14.7 Å². The van der Waals surface area contributed by atoms with Crippen LogP contribution in [0.5, 0.6) is 5.75 Å². The summed E-state index contributed by atoms with van der Waals surface area (Å²) >= 11 is 0. The Kier molecular flexibility index (Phi) is 6.82. The number of likely N-dealkylation sites (tertiary alicyclic amines) is 1. The lowest BCUT2D eigenvalue weighted by Gasteiger charge is -2.35. The Morgan fingerprint density at radius 2 is 1.79 bits per heavy atom. The first-order valence-electron chi connectivity index (χ1n) is 11.7. The molecule has 0 radical (unpaired) electrons. The van der Waals surface area contributed by atoms with Crippen molar-refractivity contribution in [3.05, 3.63) is 71.0 Å². The molecular formula is C27H30FNO4. The van der Waals surface area contributed by atoms with Crippen LogP contribution in [0.15, 0.2) is 54.1 Å². The van der Waals surface area contributed by atoms with Gasteiger partial charge in [-0.3, -0.25) is 9.59 Å². The van der Waals surface area contributed by atoms with E-state index in [0.717, 1.165) is 32.1 Å². The molecule has 1 aliphatic carbocycles. The summed E-state index contributed by atoms with van der Waals surface area (Å²) in [6.07, 6.45) is 4.69. The van der Waals surface area contributed by atoms with Crippen molar-refractivity contribution in [1.29, 1.82) is 0 Å². The molecule has 0 bridgehead atoms. The summed E-state index contributed by atoms with van der Waals surface area (Å²) in [4.78, 5) is 28.0. The molecule has 2 aliphatic rings. The number of carbonyl (C=O) groups excluding carboxylic acids is 2. The highest BCUT2D eigenvalue weighted by atomic mass is 19.1. The maximum Gasteiger partial charge on any atom is 0.295 e. The van der Waals surface area contributed by atoms with Gasteiger partial charge in [0.1, 0.15) is 17.3 Å². The van der Waals surface area contributed by atoms with Gasteiger partial charge in [0, 0.05) is 11.6 Å². The van der Waals surface area contributed by atoms with E-state index >= 15 is 0 Å². The molecule has 2 fully saturated rings. The topological polar surface area (TPSA) is 66.8 Å². The van der Waals surface area contributed by atoms with Gasteiger partial charge >= 0.3 is 0 Å². The molecule has 1 aliphatic heterocycles. The van der Waals surface area contributed by atoms with E-state index in [0.29, 0.717) is 29.4 Å². The van der Waals surface area contributed by atoms with Crippen LogP contribution in [-0.2, 0) is 9.59 Å². The van der Waals surface area contributed by atoms with E-state index in [2.05, 4.69) is 0 Å². The number of aliphatic hydroxyl groups excluding tert-OH is 1. The Labute approximate surface area is 193 Å². The number of hydrogen-bond donors (Lipinski definition) is 1. The summed E-state index contributed by atoms with van der Waals surface area (Å²) in [7, 11) is 0. The van der Waals surface area contributed by atoms with Crippen LogP contribution in [0.4, 0.5) is 4.39 Å². The number of benzene rings is 2. The summed E-state index contributed by atoms with van der Waals surface area (Å²) in [5.41, 5.74) is 1.05. The Morgan fingerprint density at radius 1 is 1.09 bits per heavy atom. The highest BCUT2D eigenvalue weighted by Gasteiger charge is 2.48. The minimum Gasteiger partial charge on any atom is -0.507 e. The number of hydrogen-bond acceptors (Lipinski definition) is 4. The van der Waals surface area contributed by atoms with Gasteiger partial charge in [0.15, 0.2) is 0 Å². The molecule has 1 saturated heterocycles. The quantitative estimate of drug-likeness (QED) is 0.352. The predicted octanol–water partition coefficient (Wildman–Crippen LogP) is 5.61. The van der Waals surface area contributed by atoms with Gasteiger partial charge in [0.25, 0.3) is 11.7 Å². The van der Waals surface area contributed by atoms with E-state index in [1.54, 1.807) is 41.3 Å². The summed E-state index contributed by atoms with van der Waals surface area (Å²) in [5, 5.41) is 11.3. The number of aliphatic hydroxyl groups is 1. The lowest BCUT2D eigenvalue weighted by Crippen LogP contribution is -2.40. The third-order valence-corrected chi connectivity index (χ3v) is 6.32. The average molecular weight is 452 g/mol. The fraction of sp³-hybridized carbons (Fsp3) is 0.407. The number of amides is 1. The summed E-state index contributed by atoms with van der Waals surface area (Å²) in [6.45, 7) is 4.60. The fourth-order valence-electron chi connectivity index (χ4n) is 4.71. The number of halogens is 1. The number of ketones is 1. The molecule has 5 nitrogen and oxygen atoms in total. The molecule has 2 aromatic carbocycles. The number of rotatable bonds is 6. The largest absolute Gasteiger partial charge is 0.507 e. The van der Waals surface area contributed by atoms with Crippen molar-refractivity contribution >= 4 is 17.4 Å². The normalized spacial score (nSPS) is 21.1. The minimum absolute atomic E-state index is 0.0400. The second kappa shape index (κ2) is 9.77. The van der Waals surface area contributed by atoms with E-state index in [4.69, 9.17) is 4.74 Å². The van der Waals surface area contributed by atoms with Crippen molar-refractivity contribution in [3.8, 4) is 5.75 Å². The predicted molar refractivity (Wildman–Crippen MR) is 124 cm³/mol. The van der Waals surface area contributed by atoms with E-state index < -0.39 is 23.5 Å². The highest BCUT2D eigenvalue weighted by molar-refractivity contribution is 6.46. The zero-order valence-electron chi connectivity index (χ0n) is 19.1. The van der Waals surface area contributed by atoms with Gasteiger partial charge in [-0.1, -0.05) is 57.4 Å². The number of ether oxygens (including phenoxy) is 1. The van der Waals surface area contributed by atoms with Gasteiger partial charge in [0.05, 0.1) is 18.2 Å². The first-order chi connectivity index (χ1) is 15.9. The SMILES string of the molecule is CC(C)COc1cccc(/C(O)=C2/C(=O)C(=O)N(C3CCCCC3)C2c2ccc(F)cc2)c1. The van der Waals surface area contributed by atoms with Crippen LogP contribution in [0.3, 0.4) is 0 Å². The third-order valence-electron chi connectivity index (χ3n) is 6.32. The Balaban J connectivity index is 1.79. The molecular weight excluding hydrogens is 421 g/mol. The highest BCUT2D eigenvalue weighted by Crippen LogP contribution is 2.43. The zero-order valence-corrected chi connectivity index (χ0v) is 19.1. The maximum absolute atomic E-state index is 13.7. The smallest absolute Gasteiger partial charge is 0.295 e. The molecule has 1 N–H and O–H groups in total. The van der Waals surface area contributed by atoms with Gasteiger partial charge in [-0.25, -0.2) is 4.39 Å². The lowest BCUT2D eigenvalue weighted by atomic mass is 9.91. The number of nitrogens with zero attached hydrogens (tertiary/aromatic N) is 1. The van der Waals surface area contributed by atoms with Crippen LogP contribution in [0, 0.1) is 11.7 Å². The van der Waals surface area contributed by atoms with Gasteiger partial charge in [-0.15, -0.1) is 0 Å². The molecule has 33 heavy (non-hydrogen) atoms. The minimum atomic E-state index is -0.756. The maximum atomic E-state index is 13.7. The van der Waals surface area contributed by atoms with Crippen LogP contribution in [0.25, 0.3) is 5.76 Å². The van der Waals surface area contributed by atoms with Crippen LogP contribution in [0.1, 0.15) is 63.1 Å². The number of carbonyl (C=O) groups is 2. The average Bonchev–Trinajstić information content (AvgIpc) is 3.09. The van der Waals surface area contributed by atoms with E-state index in [-0.39, 0.29) is 17.4 Å². The third kappa shape index (κ3) is 4.80. The van der Waals surface area contributed by atoms with E-state index in [1.807, 2.05) is 13.8 Å². The Bertz CT molecular complexity index is 1050. The van der Waals surface area contributed by atoms with E-state index in [9.17, 15) is 19.1 Å². The van der Waals surface area contributed by atoms with Gasteiger partial charge in [0.2, 0.25) is 0 Å². The van der Waals surface area contributed by atoms with Crippen LogP contribution in [-0.4, -0.2) is 34.3 Å². The van der Waals surface area contributed by atoms with Crippen LogP contribution >= 0.6 is 0 Å². The molecule has 1 unspecified atom stereocenters. The van der Waals surface area contributed by atoms with Crippen molar-refractivity contribution in [3.63, 3.8) is 0 Å². The second-order valence-corrected chi connectivity index (χ2v) is 9.28. The van der Waals surface area contributed by atoms with Crippen molar-refractivity contribution in [2.45, 2.75) is 58.0 Å². The molecule has 2 aromatic rings.